The fraction of sp³-hybridized carbons (Fsp3) is 0.933. The highest BCUT2D eigenvalue weighted by Gasteiger charge is 2.24. The molecule has 0 aromatic heterocycles. The van der Waals surface area contributed by atoms with Gasteiger partial charge < -0.3 is 5.73 Å². The minimum Gasteiger partial charge on any atom is -0.330 e. The average molecular weight is 241 g/mol. The molecular weight excluding hydrogens is 210 g/mol. The Hall–Kier alpha value is -0.370. The summed E-state index contributed by atoms with van der Waals surface area (Å²) in [5, 5.41) is 0. The van der Waals surface area contributed by atoms with Crippen molar-refractivity contribution in [3.05, 3.63) is 0 Å². The van der Waals surface area contributed by atoms with Crippen LogP contribution in [0.4, 0.5) is 0 Å². The van der Waals surface area contributed by atoms with E-state index in [2.05, 4.69) is 34.6 Å². The number of rotatable bonds is 8. The molecule has 102 valence electrons. The molecular formula is C15H31NO. The van der Waals surface area contributed by atoms with Crippen molar-refractivity contribution in [2.24, 2.45) is 23.0 Å². The normalized spacial score (nSPS) is 14.1. The molecule has 0 fully saturated rings. The topological polar surface area (TPSA) is 43.1 Å². The van der Waals surface area contributed by atoms with Gasteiger partial charge in [-0.15, -0.1) is 0 Å². The van der Waals surface area contributed by atoms with Crippen LogP contribution in [0.2, 0.25) is 0 Å². The number of carbonyl (C=O) groups is 1. The van der Waals surface area contributed by atoms with Gasteiger partial charge in [0.25, 0.3) is 0 Å². The maximum absolute atomic E-state index is 11.8. The first-order valence-corrected chi connectivity index (χ1v) is 6.99. The van der Waals surface area contributed by atoms with E-state index in [1.54, 1.807) is 0 Å². The lowest BCUT2D eigenvalue weighted by Crippen LogP contribution is -2.24. The maximum Gasteiger partial charge on any atom is 0.132 e. The van der Waals surface area contributed by atoms with Crippen LogP contribution < -0.4 is 5.73 Å². The maximum atomic E-state index is 11.8. The molecule has 0 saturated heterocycles. The van der Waals surface area contributed by atoms with Crippen molar-refractivity contribution < 1.29 is 4.79 Å². The van der Waals surface area contributed by atoms with Gasteiger partial charge in [-0.1, -0.05) is 34.6 Å². The van der Waals surface area contributed by atoms with Gasteiger partial charge in [0.05, 0.1) is 0 Å². The van der Waals surface area contributed by atoms with Gasteiger partial charge in [0.2, 0.25) is 0 Å². The third kappa shape index (κ3) is 8.37. The zero-order chi connectivity index (χ0) is 13.5. The van der Waals surface area contributed by atoms with Gasteiger partial charge in [-0.05, 0) is 43.1 Å². The summed E-state index contributed by atoms with van der Waals surface area (Å²) in [6, 6.07) is 0. The summed E-state index contributed by atoms with van der Waals surface area (Å²) in [5.41, 5.74) is 5.91. The van der Waals surface area contributed by atoms with E-state index in [1.807, 2.05) is 0 Å². The van der Waals surface area contributed by atoms with Crippen LogP contribution >= 0.6 is 0 Å². The predicted octanol–water partition coefficient (Wildman–Crippen LogP) is 3.78. The molecule has 2 nitrogen and oxygen atoms in total. The third-order valence-corrected chi connectivity index (χ3v) is 3.51. The van der Waals surface area contributed by atoms with Crippen molar-refractivity contribution in [2.75, 3.05) is 6.54 Å². The van der Waals surface area contributed by atoms with E-state index < -0.39 is 0 Å². The lowest BCUT2D eigenvalue weighted by atomic mass is 9.76. The number of hydrogen-bond acceptors (Lipinski definition) is 2. The van der Waals surface area contributed by atoms with Crippen LogP contribution in [0.5, 0.6) is 0 Å². The number of Topliss-reactive ketones (excluding diaryl/α,β-unsaturated/α-hetero) is 1. The van der Waals surface area contributed by atoms with Crippen LogP contribution in [-0.4, -0.2) is 12.3 Å². The Bertz CT molecular complexity index is 215. The summed E-state index contributed by atoms with van der Waals surface area (Å²) in [4.78, 5) is 11.8. The number of carbonyl (C=O) groups excluding carboxylic acids is 1. The molecule has 0 aromatic carbocycles. The van der Waals surface area contributed by atoms with E-state index in [4.69, 9.17) is 5.73 Å². The smallest absolute Gasteiger partial charge is 0.132 e. The Morgan fingerprint density at radius 2 is 1.59 bits per heavy atom. The van der Waals surface area contributed by atoms with E-state index >= 15 is 0 Å². The molecule has 1 unspecified atom stereocenters. The molecule has 0 heterocycles. The molecule has 0 aliphatic rings. The predicted molar refractivity (Wildman–Crippen MR) is 74.9 cm³/mol. The molecule has 0 radical (unpaired) electrons. The second-order valence-electron chi connectivity index (χ2n) is 6.65. The van der Waals surface area contributed by atoms with Crippen LogP contribution in [0.15, 0.2) is 0 Å². The minimum absolute atomic E-state index is 0.262. The summed E-state index contributed by atoms with van der Waals surface area (Å²) in [6.45, 7) is 11.8. The highest BCUT2D eigenvalue weighted by atomic mass is 16.1. The first-order valence-electron chi connectivity index (χ1n) is 6.99. The van der Waals surface area contributed by atoms with Crippen LogP contribution in [0.3, 0.4) is 0 Å². The molecule has 0 bridgehead atoms. The molecule has 0 saturated carbocycles. The molecule has 1 atom stereocenters. The highest BCUT2D eigenvalue weighted by molar-refractivity contribution is 5.78. The number of ketones is 1. The summed E-state index contributed by atoms with van der Waals surface area (Å²) in [7, 11) is 0. The second kappa shape index (κ2) is 7.86. The fourth-order valence-electron chi connectivity index (χ4n) is 2.12. The lowest BCUT2D eigenvalue weighted by Gasteiger charge is -2.30. The van der Waals surface area contributed by atoms with Gasteiger partial charge in [-0.25, -0.2) is 0 Å². The Morgan fingerprint density at radius 3 is 2.00 bits per heavy atom. The molecule has 0 aromatic rings. The molecule has 2 N–H and O–H groups in total. The van der Waals surface area contributed by atoms with Gasteiger partial charge in [0.1, 0.15) is 5.78 Å². The van der Waals surface area contributed by atoms with E-state index in [0.29, 0.717) is 17.6 Å². The largest absolute Gasteiger partial charge is 0.330 e. The Morgan fingerprint density at radius 1 is 1.06 bits per heavy atom. The number of nitrogens with two attached hydrogens (primary N) is 1. The minimum atomic E-state index is 0.262. The Balaban J connectivity index is 4.00. The quantitative estimate of drug-likeness (QED) is 0.702. The summed E-state index contributed by atoms with van der Waals surface area (Å²) >= 11 is 0. The monoisotopic (exact) mass is 241 g/mol. The van der Waals surface area contributed by atoms with Crippen molar-refractivity contribution in [1.29, 1.82) is 0 Å². The molecule has 2 heteroatoms. The van der Waals surface area contributed by atoms with Gasteiger partial charge in [-0.2, -0.15) is 0 Å². The van der Waals surface area contributed by atoms with Crippen molar-refractivity contribution in [3.8, 4) is 0 Å². The van der Waals surface area contributed by atoms with Crippen LogP contribution in [0.1, 0.15) is 66.7 Å². The molecule has 0 spiro atoms. The first kappa shape index (κ1) is 16.6. The molecule has 17 heavy (non-hydrogen) atoms. The number of hydrogen-bond donors (Lipinski definition) is 1. The third-order valence-electron chi connectivity index (χ3n) is 3.51. The summed E-state index contributed by atoms with van der Waals surface area (Å²) < 4.78 is 0. The standard InChI is InChI=1S/C15H31NO/c1-12(2)6-8-14(17)9-7-13(10-11-16)15(3,4)5/h12-13H,6-11,16H2,1-5H3. The van der Waals surface area contributed by atoms with E-state index in [1.165, 1.54) is 0 Å². The average Bonchev–Trinajstić information content (AvgIpc) is 2.19. The van der Waals surface area contributed by atoms with Crippen molar-refractivity contribution in [1.82, 2.24) is 0 Å². The van der Waals surface area contributed by atoms with Crippen LogP contribution in [0, 0.1) is 17.3 Å². The van der Waals surface area contributed by atoms with Crippen molar-refractivity contribution in [3.63, 3.8) is 0 Å². The lowest BCUT2D eigenvalue weighted by molar-refractivity contribution is -0.119. The Labute approximate surface area is 107 Å². The zero-order valence-corrected chi connectivity index (χ0v) is 12.4. The summed E-state index contributed by atoms with van der Waals surface area (Å²) in [6.07, 6.45) is 4.53. The SMILES string of the molecule is CC(C)CCC(=O)CCC(CCN)C(C)(C)C. The van der Waals surface area contributed by atoms with Crippen molar-refractivity contribution in [2.45, 2.75) is 66.7 Å². The Kier molecular flexibility index (Phi) is 7.69. The molecule has 0 aliphatic heterocycles. The van der Waals surface area contributed by atoms with E-state index in [0.717, 1.165) is 38.6 Å². The molecule has 0 rings (SSSR count). The fourth-order valence-corrected chi connectivity index (χ4v) is 2.12. The molecule has 0 amide bonds. The van der Waals surface area contributed by atoms with Gasteiger partial charge in [0.15, 0.2) is 0 Å². The first-order chi connectivity index (χ1) is 7.77. The van der Waals surface area contributed by atoms with Gasteiger partial charge in [-0.3, -0.25) is 4.79 Å². The van der Waals surface area contributed by atoms with Crippen LogP contribution in [0.25, 0.3) is 0 Å². The van der Waals surface area contributed by atoms with Gasteiger partial charge >= 0.3 is 0 Å². The zero-order valence-electron chi connectivity index (χ0n) is 12.4. The van der Waals surface area contributed by atoms with E-state index in [-0.39, 0.29) is 5.41 Å². The van der Waals surface area contributed by atoms with Gasteiger partial charge in [0, 0.05) is 12.8 Å². The summed E-state index contributed by atoms with van der Waals surface area (Å²) in [5.74, 6) is 1.61. The van der Waals surface area contributed by atoms with Crippen LogP contribution in [-0.2, 0) is 4.79 Å². The molecule has 0 aliphatic carbocycles. The van der Waals surface area contributed by atoms with E-state index in [9.17, 15) is 4.79 Å². The highest BCUT2D eigenvalue weighted by Crippen LogP contribution is 2.32. The second-order valence-corrected chi connectivity index (χ2v) is 6.65. The van der Waals surface area contributed by atoms with Crippen molar-refractivity contribution >= 4 is 5.78 Å².